The van der Waals surface area contributed by atoms with Crippen molar-refractivity contribution in [1.82, 2.24) is 10.6 Å². The third kappa shape index (κ3) is 5.51. The Bertz CT molecular complexity index is 568. The van der Waals surface area contributed by atoms with Crippen LogP contribution in [0, 0.1) is 0 Å². The van der Waals surface area contributed by atoms with Crippen LogP contribution >= 0.6 is 0 Å². The van der Waals surface area contributed by atoms with Crippen molar-refractivity contribution in [2.24, 2.45) is 4.99 Å². The van der Waals surface area contributed by atoms with Gasteiger partial charge in [0, 0.05) is 59.7 Å². The normalized spacial score (nSPS) is 20.1. The maximum absolute atomic E-state index is 12.1. The summed E-state index contributed by atoms with van der Waals surface area (Å²) in [7, 11) is 0.934. The summed E-state index contributed by atoms with van der Waals surface area (Å²) in [6.07, 6.45) is 1.09. The van der Waals surface area contributed by atoms with Gasteiger partial charge < -0.3 is 15.5 Å². The lowest BCUT2D eigenvalue weighted by molar-refractivity contribution is 0.641. The Morgan fingerprint density at radius 2 is 2.04 bits per heavy atom. The molecule has 1 fully saturated rings. The van der Waals surface area contributed by atoms with Crippen LogP contribution in [0.5, 0.6) is 0 Å². The van der Waals surface area contributed by atoms with E-state index < -0.39 is 10.8 Å². The molecule has 1 aliphatic heterocycles. The van der Waals surface area contributed by atoms with Gasteiger partial charge in [-0.1, -0.05) is 18.2 Å². The van der Waals surface area contributed by atoms with E-state index in [9.17, 15) is 4.21 Å². The molecule has 1 aromatic rings. The lowest BCUT2D eigenvalue weighted by Gasteiger charge is -2.21. The molecule has 1 aliphatic rings. The van der Waals surface area contributed by atoms with E-state index in [0.29, 0.717) is 18.3 Å². The summed E-state index contributed by atoms with van der Waals surface area (Å²) in [4.78, 5) is 6.67. The van der Waals surface area contributed by atoms with Crippen molar-refractivity contribution in [2.75, 3.05) is 37.3 Å². The quantitative estimate of drug-likeness (QED) is 0.630. The predicted molar refractivity (Wildman–Crippen MR) is 104 cm³/mol. The van der Waals surface area contributed by atoms with Crippen LogP contribution in [0.15, 0.2) is 35.3 Å². The molecule has 0 radical (unpaired) electrons. The van der Waals surface area contributed by atoms with Crippen LogP contribution < -0.4 is 15.5 Å². The number of hydrogen-bond acceptors (Lipinski definition) is 3. The average molecular weight is 351 g/mol. The maximum atomic E-state index is 12.1. The van der Waals surface area contributed by atoms with Crippen LogP contribution in [-0.2, 0) is 10.8 Å². The van der Waals surface area contributed by atoms with Crippen LogP contribution in [0.1, 0.15) is 27.2 Å². The Kier molecular flexibility index (Phi) is 6.66. The van der Waals surface area contributed by atoms with Crippen LogP contribution in [0.3, 0.4) is 0 Å². The summed E-state index contributed by atoms with van der Waals surface area (Å²) in [5.41, 5.74) is 1.27. The fraction of sp³-hybridized carbons (Fsp3) is 0.611. The number of nitrogens with zero attached hydrogens (tertiary/aromatic N) is 2. The molecule has 0 saturated carbocycles. The Morgan fingerprint density at radius 3 is 2.67 bits per heavy atom. The standard InChI is InChI=1S/C18H30N4OS/c1-18(2,3)24(23)13-11-20-17(19-4)21-15-10-12-22(14-15)16-8-6-5-7-9-16/h5-9,15H,10-14H2,1-4H3,(H2,19,20,21). The van der Waals surface area contributed by atoms with Gasteiger partial charge in [0.15, 0.2) is 5.96 Å². The second kappa shape index (κ2) is 8.51. The number of para-hydroxylation sites is 1. The number of hydrogen-bond donors (Lipinski definition) is 2. The van der Waals surface area contributed by atoms with Gasteiger partial charge in [-0.25, -0.2) is 0 Å². The summed E-state index contributed by atoms with van der Waals surface area (Å²) in [6.45, 7) is 8.71. The second-order valence-corrected chi connectivity index (χ2v) is 9.40. The third-order valence-corrected chi connectivity index (χ3v) is 6.08. The highest BCUT2D eigenvalue weighted by molar-refractivity contribution is 7.86. The molecule has 1 saturated heterocycles. The van der Waals surface area contributed by atoms with Gasteiger partial charge in [0.2, 0.25) is 0 Å². The number of benzene rings is 1. The molecule has 134 valence electrons. The molecule has 0 spiro atoms. The van der Waals surface area contributed by atoms with E-state index in [0.717, 1.165) is 25.5 Å². The molecule has 2 N–H and O–H groups in total. The van der Waals surface area contributed by atoms with Crippen LogP contribution in [-0.4, -0.2) is 53.4 Å². The van der Waals surface area contributed by atoms with Crippen molar-refractivity contribution in [3.8, 4) is 0 Å². The minimum atomic E-state index is -0.844. The topological polar surface area (TPSA) is 56.7 Å². The predicted octanol–water partition coefficient (Wildman–Crippen LogP) is 1.98. The number of guanidine groups is 1. The lowest BCUT2D eigenvalue weighted by Crippen LogP contribution is -2.46. The second-order valence-electron chi connectivity index (χ2n) is 7.07. The number of anilines is 1. The fourth-order valence-electron chi connectivity index (χ4n) is 2.71. The van der Waals surface area contributed by atoms with Gasteiger partial charge in [0.1, 0.15) is 0 Å². The molecule has 0 amide bonds. The molecular formula is C18H30N4OS. The molecule has 6 heteroatoms. The van der Waals surface area contributed by atoms with Crippen molar-refractivity contribution < 1.29 is 4.21 Å². The van der Waals surface area contributed by atoms with Crippen LogP contribution in [0.2, 0.25) is 0 Å². The molecule has 2 rings (SSSR count). The van der Waals surface area contributed by atoms with Crippen LogP contribution in [0.4, 0.5) is 5.69 Å². The Labute approximate surface area is 148 Å². The van der Waals surface area contributed by atoms with Gasteiger partial charge in [0.25, 0.3) is 0 Å². The zero-order valence-electron chi connectivity index (χ0n) is 15.2. The molecule has 0 aromatic heterocycles. The van der Waals surface area contributed by atoms with Crippen molar-refractivity contribution in [3.63, 3.8) is 0 Å². The van der Waals surface area contributed by atoms with Gasteiger partial charge >= 0.3 is 0 Å². The van der Waals surface area contributed by atoms with E-state index >= 15 is 0 Å². The Morgan fingerprint density at radius 1 is 1.33 bits per heavy atom. The van der Waals surface area contributed by atoms with Gasteiger partial charge in [0.05, 0.1) is 0 Å². The smallest absolute Gasteiger partial charge is 0.191 e. The van der Waals surface area contributed by atoms with Crippen molar-refractivity contribution >= 4 is 22.4 Å². The van der Waals surface area contributed by atoms with E-state index in [-0.39, 0.29) is 4.75 Å². The Hall–Kier alpha value is -1.56. The first-order valence-corrected chi connectivity index (χ1v) is 9.87. The minimum Gasteiger partial charge on any atom is -0.369 e. The molecule has 0 aliphatic carbocycles. The van der Waals surface area contributed by atoms with E-state index in [2.05, 4.69) is 44.8 Å². The number of aliphatic imine (C=N–C) groups is 1. The van der Waals surface area contributed by atoms with E-state index in [1.165, 1.54) is 5.69 Å². The maximum Gasteiger partial charge on any atom is 0.191 e. The zero-order chi connectivity index (χ0) is 17.6. The van der Waals surface area contributed by atoms with Crippen molar-refractivity contribution in [1.29, 1.82) is 0 Å². The lowest BCUT2D eigenvalue weighted by atomic mass is 10.3. The summed E-state index contributed by atoms with van der Waals surface area (Å²) < 4.78 is 11.9. The van der Waals surface area contributed by atoms with E-state index in [4.69, 9.17) is 0 Å². The highest BCUT2D eigenvalue weighted by Crippen LogP contribution is 2.19. The first-order valence-electron chi connectivity index (χ1n) is 8.56. The van der Waals surface area contributed by atoms with E-state index in [1.54, 1.807) is 7.05 Å². The van der Waals surface area contributed by atoms with Gasteiger partial charge in [-0.2, -0.15) is 0 Å². The van der Waals surface area contributed by atoms with Crippen molar-refractivity contribution in [3.05, 3.63) is 30.3 Å². The monoisotopic (exact) mass is 350 g/mol. The molecule has 1 aromatic carbocycles. The average Bonchev–Trinajstić information content (AvgIpc) is 3.02. The number of nitrogens with one attached hydrogen (secondary N) is 2. The summed E-state index contributed by atoms with van der Waals surface area (Å²) in [5, 5.41) is 6.76. The molecular weight excluding hydrogens is 320 g/mol. The molecule has 2 unspecified atom stereocenters. The zero-order valence-corrected chi connectivity index (χ0v) is 16.0. The summed E-state index contributed by atoms with van der Waals surface area (Å²) in [6, 6.07) is 10.9. The van der Waals surface area contributed by atoms with Crippen molar-refractivity contribution in [2.45, 2.75) is 38.0 Å². The molecule has 0 bridgehead atoms. The first-order chi connectivity index (χ1) is 11.4. The van der Waals surface area contributed by atoms with E-state index in [1.807, 2.05) is 26.8 Å². The highest BCUT2D eigenvalue weighted by atomic mass is 32.2. The number of rotatable bonds is 5. The fourth-order valence-corrected chi connectivity index (χ4v) is 3.61. The Balaban J connectivity index is 1.77. The summed E-state index contributed by atoms with van der Waals surface area (Å²) >= 11 is 0. The van der Waals surface area contributed by atoms with Gasteiger partial charge in [-0.15, -0.1) is 0 Å². The largest absolute Gasteiger partial charge is 0.369 e. The summed E-state index contributed by atoms with van der Waals surface area (Å²) in [5.74, 6) is 1.42. The van der Waals surface area contributed by atoms with Gasteiger partial charge in [-0.3, -0.25) is 9.20 Å². The SMILES string of the molecule is CN=C(NCCS(=O)C(C)(C)C)NC1CCN(c2ccccc2)C1. The minimum absolute atomic E-state index is 0.166. The molecule has 1 heterocycles. The van der Waals surface area contributed by atoms with Crippen LogP contribution in [0.25, 0.3) is 0 Å². The first kappa shape index (κ1) is 18.8. The third-order valence-electron chi connectivity index (χ3n) is 4.14. The highest BCUT2D eigenvalue weighted by Gasteiger charge is 2.23. The molecule has 2 atom stereocenters. The molecule has 24 heavy (non-hydrogen) atoms. The molecule has 5 nitrogen and oxygen atoms in total. The van der Waals surface area contributed by atoms with Gasteiger partial charge in [-0.05, 0) is 39.3 Å².